The summed E-state index contributed by atoms with van der Waals surface area (Å²) in [4.78, 5) is 3.96. The predicted molar refractivity (Wildman–Crippen MR) is 72.7 cm³/mol. The Morgan fingerprint density at radius 3 is 2.74 bits per heavy atom. The summed E-state index contributed by atoms with van der Waals surface area (Å²) < 4.78 is 26.4. The number of halogens is 3. The molecule has 0 radical (unpaired) electrons. The first-order valence-corrected chi connectivity index (χ1v) is 7.03. The summed E-state index contributed by atoms with van der Waals surface area (Å²) in [6.07, 6.45) is 5.23. The lowest BCUT2D eigenvalue weighted by molar-refractivity contribution is -0.0492. The smallest absolute Gasteiger partial charge is 0.248 e. The standard InChI is InChI=1S/C14H19ClF2N2/c1-18-13(8-11-4-7-19-9-12(11)15)10-2-5-14(16,17)6-3-10/h4,7,9-10,13,18H,2-3,5-6,8H2,1H3. The second-order valence-corrected chi connectivity index (χ2v) is 5.67. The third-order valence-electron chi connectivity index (χ3n) is 4.00. The Morgan fingerprint density at radius 2 is 2.16 bits per heavy atom. The van der Waals surface area contributed by atoms with Crippen molar-refractivity contribution in [2.75, 3.05) is 7.05 Å². The zero-order chi connectivity index (χ0) is 13.9. The van der Waals surface area contributed by atoms with Crippen LogP contribution in [-0.2, 0) is 6.42 Å². The van der Waals surface area contributed by atoms with Crippen molar-refractivity contribution in [1.82, 2.24) is 10.3 Å². The van der Waals surface area contributed by atoms with E-state index in [0.717, 1.165) is 12.0 Å². The fourth-order valence-electron chi connectivity index (χ4n) is 2.78. The number of pyridine rings is 1. The highest BCUT2D eigenvalue weighted by molar-refractivity contribution is 6.31. The molecule has 1 fully saturated rings. The largest absolute Gasteiger partial charge is 0.316 e. The molecule has 106 valence electrons. The van der Waals surface area contributed by atoms with Gasteiger partial charge in [0.25, 0.3) is 0 Å². The van der Waals surface area contributed by atoms with Crippen LogP contribution < -0.4 is 5.32 Å². The van der Waals surface area contributed by atoms with Crippen molar-refractivity contribution in [2.24, 2.45) is 5.92 Å². The van der Waals surface area contributed by atoms with Crippen LogP contribution >= 0.6 is 11.6 Å². The zero-order valence-corrected chi connectivity index (χ0v) is 11.8. The fourth-order valence-corrected chi connectivity index (χ4v) is 2.97. The molecule has 0 spiro atoms. The van der Waals surface area contributed by atoms with Gasteiger partial charge in [-0.3, -0.25) is 4.98 Å². The van der Waals surface area contributed by atoms with Crippen LogP contribution in [0.3, 0.4) is 0 Å². The highest BCUT2D eigenvalue weighted by Crippen LogP contribution is 2.38. The van der Waals surface area contributed by atoms with E-state index in [1.165, 1.54) is 0 Å². The van der Waals surface area contributed by atoms with Crippen LogP contribution in [0.5, 0.6) is 0 Å². The fraction of sp³-hybridized carbons (Fsp3) is 0.643. The molecule has 1 unspecified atom stereocenters. The molecule has 2 nitrogen and oxygen atoms in total. The van der Waals surface area contributed by atoms with Crippen molar-refractivity contribution in [1.29, 1.82) is 0 Å². The van der Waals surface area contributed by atoms with Gasteiger partial charge in [-0.1, -0.05) is 11.6 Å². The lowest BCUT2D eigenvalue weighted by Crippen LogP contribution is -2.39. The van der Waals surface area contributed by atoms with Crippen LogP contribution in [0.1, 0.15) is 31.2 Å². The average Bonchev–Trinajstić information content (AvgIpc) is 2.38. The summed E-state index contributed by atoms with van der Waals surface area (Å²) in [6.45, 7) is 0. The van der Waals surface area contributed by atoms with Crippen LogP contribution in [0.25, 0.3) is 0 Å². The highest BCUT2D eigenvalue weighted by Gasteiger charge is 2.37. The molecular formula is C14H19ClF2N2. The third-order valence-corrected chi connectivity index (χ3v) is 4.34. The number of likely N-dealkylation sites (N-methyl/N-ethyl adjacent to an activating group) is 1. The van der Waals surface area contributed by atoms with E-state index in [2.05, 4.69) is 10.3 Å². The summed E-state index contributed by atoms with van der Waals surface area (Å²) in [5.74, 6) is -2.18. The molecule has 2 rings (SSSR count). The number of nitrogens with one attached hydrogen (secondary N) is 1. The summed E-state index contributed by atoms with van der Waals surface area (Å²) in [6, 6.07) is 2.08. The van der Waals surface area contributed by atoms with Gasteiger partial charge < -0.3 is 5.32 Å². The van der Waals surface area contributed by atoms with Crippen molar-refractivity contribution < 1.29 is 8.78 Å². The van der Waals surface area contributed by atoms with E-state index in [1.54, 1.807) is 12.4 Å². The minimum Gasteiger partial charge on any atom is -0.316 e. The van der Waals surface area contributed by atoms with Crippen LogP contribution in [0.2, 0.25) is 5.02 Å². The number of rotatable bonds is 4. The quantitative estimate of drug-likeness (QED) is 0.914. The minimum atomic E-state index is -2.47. The first kappa shape index (κ1) is 14.7. The Hall–Kier alpha value is -0.740. The molecule has 1 N–H and O–H groups in total. The normalized spacial score (nSPS) is 21.3. The van der Waals surface area contributed by atoms with Gasteiger partial charge in [-0.2, -0.15) is 0 Å². The number of hydrogen-bond acceptors (Lipinski definition) is 2. The van der Waals surface area contributed by atoms with Gasteiger partial charge >= 0.3 is 0 Å². The molecular weight excluding hydrogens is 270 g/mol. The van der Waals surface area contributed by atoms with E-state index in [-0.39, 0.29) is 24.8 Å². The van der Waals surface area contributed by atoms with Crippen LogP contribution in [-0.4, -0.2) is 24.0 Å². The molecule has 1 aromatic heterocycles. The molecule has 0 aromatic carbocycles. The predicted octanol–water partition coefficient (Wildman–Crippen LogP) is 3.69. The lowest BCUT2D eigenvalue weighted by atomic mass is 9.80. The van der Waals surface area contributed by atoms with E-state index >= 15 is 0 Å². The number of hydrogen-bond donors (Lipinski definition) is 1. The van der Waals surface area contributed by atoms with Crippen LogP contribution in [0.15, 0.2) is 18.5 Å². The second-order valence-electron chi connectivity index (χ2n) is 5.26. The van der Waals surface area contributed by atoms with Gasteiger partial charge in [0.05, 0.1) is 5.02 Å². The summed E-state index contributed by atoms with van der Waals surface area (Å²) in [5.41, 5.74) is 1.02. The highest BCUT2D eigenvalue weighted by atomic mass is 35.5. The zero-order valence-electron chi connectivity index (χ0n) is 11.0. The van der Waals surface area contributed by atoms with E-state index in [0.29, 0.717) is 17.9 Å². The van der Waals surface area contributed by atoms with Gasteiger partial charge in [0.15, 0.2) is 0 Å². The Kier molecular flexibility index (Phi) is 4.74. The Balaban J connectivity index is 1.99. The Morgan fingerprint density at radius 1 is 1.47 bits per heavy atom. The molecule has 0 saturated heterocycles. The number of aromatic nitrogens is 1. The molecule has 0 bridgehead atoms. The lowest BCUT2D eigenvalue weighted by Gasteiger charge is -2.33. The van der Waals surface area contributed by atoms with Crippen molar-refractivity contribution in [2.45, 2.75) is 44.1 Å². The molecule has 1 aliphatic carbocycles. The molecule has 1 saturated carbocycles. The summed E-state index contributed by atoms with van der Waals surface area (Å²) in [5, 5.41) is 3.89. The first-order chi connectivity index (χ1) is 9.02. The average molecular weight is 289 g/mol. The number of nitrogens with zero attached hydrogens (tertiary/aromatic N) is 1. The Labute approximate surface area is 117 Å². The maximum Gasteiger partial charge on any atom is 0.248 e. The van der Waals surface area contributed by atoms with Gasteiger partial charge in [0.2, 0.25) is 5.92 Å². The molecule has 1 heterocycles. The van der Waals surface area contributed by atoms with Crippen molar-refractivity contribution >= 4 is 11.6 Å². The van der Waals surface area contributed by atoms with E-state index in [1.807, 2.05) is 13.1 Å². The Bertz CT molecular complexity index is 416. The van der Waals surface area contributed by atoms with E-state index in [9.17, 15) is 8.78 Å². The molecule has 1 aliphatic rings. The van der Waals surface area contributed by atoms with Crippen LogP contribution in [0.4, 0.5) is 8.78 Å². The van der Waals surface area contributed by atoms with Crippen molar-refractivity contribution in [3.8, 4) is 0 Å². The first-order valence-electron chi connectivity index (χ1n) is 6.65. The van der Waals surface area contributed by atoms with E-state index < -0.39 is 5.92 Å². The maximum absolute atomic E-state index is 13.2. The second kappa shape index (κ2) is 6.14. The molecule has 0 amide bonds. The van der Waals surface area contributed by atoms with Crippen LogP contribution in [0, 0.1) is 5.92 Å². The molecule has 5 heteroatoms. The van der Waals surface area contributed by atoms with Gasteiger partial charge in [-0.05, 0) is 43.9 Å². The topological polar surface area (TPSA) is 24.9 Å². The molecule has 0 aliphatic heterocycles. The minimum absolute atomic E-state index is 0.0000753. The number of alkyl halides is 2. The summed E-state index contributed by atoms with van der Waals surface area (Å²) in [7, 11) is 1.88. The monoisotopic (exact) mass is 288 g/mol. The van der Waals surface area contributed by atoms with Crippen molar-refractivity contribution in [3.05, 3.63) is 29.0 Å². The van der Waals surface area contributed by atoms with Gasteiger partial charge in [-0.15, -0.1) is 0 Å². The third kappa shape index (κ3) is 3.86. The van der Waals surface area contributed by atoms with Gasteiger partial charge in [0.1, 0.15) is 0 Å². The van der Waals surface area contributed by atoms with Gasteiger partial charge in [-0.25, -0.2) is 8.78 Å². The SMILES string of the molecule is CNC(Cc1ccncc1Cl)C1CCC(F)(F)CC1. The van der Waals surface area contributed by atoms with Crippen molar-refractivity contribution in [3.63, 3.8) is 0 Å². The van der Waals surface area contributed by atoms with Gasteiger partial charge in [0, 0.05) is 31.3 Å². The molecule has 1 atom stereocenters. The maximum atomic E-state index is 13.2. The van der Waals surface area contributed by atoms with E-state index in [4.69, 9.17) is 11.6 Å². The molecule has 1 aromatic rings. The molecule has 19 heavy (non-hydrogen) atoms. The summed E-state index contributed by atoms with van der Waals surface area (Å²) >= 11 is 6.10.